The molecule has 2 aromatic carbocycles. The molecule has 3 rings (SSSR count). The number of benzene rings is 2. The minimum Gasteiger partial charge on any atom is -0.497 e. The maximum atomic E-state index is 13.0. The van der Waals surface area contributed by atoms with Gasteiger partial charge in [0.15, 0.2) is 0 Å². The Morgan fingerprint density at radius 1 is 1.13 bits per heavy atom. The molecule has 1 heterocycles. The van der Waals surface area contributed by atoms with Crippen LogP contribution in [0.25, 0.3) is 0 Å². The van der Waals surface area contributed by atoms with Crippen molar-refractivity contribution in [3.05, 3.63) is 58.6 Å². The predicted molar refractivity (Wildman–Crippen MR) is 93.0 cm³/mol. The number of rotatable bonds is 4. The Morgan fingerprint density at radius 2 is 1.83 bits per heavy atom. The van der Waals surface area contributed by atoms with Crippen molar-refractivity contribution in [1.82, 2.24) is 4.31 Å². The van der Waals surface area contributed by atoms with E-state index in [0.717, 1.165) is 24.2 Å². The standard InChI is InChI=1S/C17H18BrNO3S/c1-22-14-10-8-13(9-11-14)16-6-4-12-19(16)23(20,21)17-7-3-2-5-15(17)18/h2-3,5,7-11,16H,4,6,12H2,1H3/t16-/m0/s1. The fourth-order valence-corrected chi connectivity index (χ4v) is 5.61. The fourth-order valence-electron chi connectivity index (χ4n) is 2.97. The molecule has 122 valence electrons. The van der Waals surface area contributed by atoms with Crippen LogP contribution in [0.1, 0.15) is 24.4 Å². The third-order valence-electron chi connectivity index (χ3n) is 4.13. The third kappa shape index (κ3) is 3.16. The highest BCUT2D eigenvalue weighted by atomic mass is 79.9. The van der Waals surface area contributed by atoms with Crippen molar-refractivity contribution in [3.8, 4) is 5.75 Å². The molecule has 0 spiro atoms. The van der Waals surface area contributed by atoms with Gasteiger partial charge in [-0.1, -0.05) is 24.3 Å². The normalized spacial score (nSPS) is 19.0. The van der Waals surface area contributed by atoms with Crippen molar-refractivity contribution in [3.63, 3.8) is 0 Å². The molecule has 0 N–H and O–H groups in total. The number of halogens is 1. The summed E-state index contributed by atoms with van der Waals surface area (Å²) in [5.74, 6) is 0.770. The highest BCUT2D eigenvalue weighted by molar-refractivity contribution is 9.10. The maximum absolute atomic E-state index is 13.0. The van der Waals surface area contributed by atoms with Crippen LogP contribution in [-0.2, 0) is 10.0 Å². The molecular weight excluding hydrogens is 378 g/mol. The largest absolute Gasteiger partial charge is 0.497 e. The molecule has 0 aromatic heterocycles. The highest BCUT2D eigenvalue weighted by Gasteiger charge is 2.36. The van der Waals surface area contributed by atoms with E-state index >= 15 is 0 Å². The summed E-state index contributed by atoms with van der Waals surface area (Å²) in [6, 6.07) is 14.5. The van der Waals surface area contributed by atoms with Crippen LogP contribution >= 0.6 is 15.9 Å². The molecule has 1 aliphatic heterocycles. The van der Waals surface area contributed by atoms with E-state index in [1.807, 2.05) is 30.3 Å². The summed E-state index contributed by atoms with van der Waals surface area (Å²) in [5.41, 5.74) is 0.999. The van der Waals surface area contributed by atoms with Crippen molar-refractivity contribution in [1.29, 1.82) is 0 Å². The average Bonchev–Trinajstić information content (AvgIpc) is 3.05. The minimum absolute atomic E-state index is 0.127. The minimum atomic E-state index is -3.53. The average molecular weight is 396 g/mol. The molecule has 1 atom stereocenters. The van der Waals surface area contributed by atoms with Crippen LogP contribution < -0.4 is 4.74 Å². The highest BCUT2D eigenvalue weighted by Crippen LogP contribution is 2.38. The number of hydrogen-bond donors (Lipinski definition) is 0. The molecule has 0 unspecified atom stereocenters. The molecule has 1 aliphatic rings. The maximum Gasteiger partial charge on any atom is 0.244 e. The Bertz CT molecular complexity index is 790. The SMILES string of the molecule is COc1ccc([C@@H]2CCCN2S(=O)(=O)c2ccccc2Br)cc1. The Labute approximate surface area is 145 Å². The molecule has 0 amide bonds. The summed E-state index contributed by atoms with van der Waals surface area (Å²) >= 11 is 3.35. The fraction of sp³-hybridized carbons (Fsp3) is 0.294. The van der Waals surface area contributed by atoms with Crippen LogP contribution in [0.2, 0.25) is 0 Å². The van der Waals surface area contributed by atoms with Crippen molar-refractivity contribution in [2.45, 2.75) is 23.8 Å². The number of ether oxygens (including phenoxy) is 1. The second kappa shape index (κ2) is 6.63. The first-order valence-electron chi connectivity index (χ1n) is 7.44. The topological polar surface area (TPSA) is 46.6 Å². The van der Waals surface area contributed by atoms with Crippen LogP contribution in [0, 0.1) is 0 Å². The predicted octanol–water partition coefficient (Wildman–Crippen LogP) is 3.98. The van der Waals surface area contributed by atoms with Crippen molar-refractivity contribution in [2.75, 3.05) is 13.7 Å². The van der Waals surface area contributed by atoms with Gasteiger partial charge in [0.05, 0.1) is 18.0 Å². The van der Waals surface area contributed by atoms with E-state index in [9.17, 15) is 8.42 Å². The Balaban J connectivity index is 1.96. The van der Waals surface area contributed by atoms with Gasteiger partial charge in [-0.05, 0) is 58.6 Å². The van der Waals surface area contributed by atoms with Gasteiger partial charge in [0.2, 0.25) is 10.0 Å². The molecule has 0 saturated carbocycles. The van der Waals surface area contributed by atoms with Crippen LogP contribution in [0.3, 0.4) is 0 Å². The van der Waals surface area contributed by atoms with Gasteiger partial charge in [0.25, 0.3) is 0 Å². The van der Waals surface area contributed by atoms with Gasteiger partial charge in [0, 0.05) is 11.0 Å². The Hall–Kier alpha value is -1.37. The summed E-state index contributed by atoms with van der Waals surface area (Å²) in [7, 11) is -1.91. The molecule has 0 aliphatic carbocycles. The van der Waals surface area contributed by atoms with Crippen molar-refractivity contribution >= 4 is 26.0 Å². The van der Waals surface area contributed by atoms with Crippen LogP contribution in [0.4, 0.5) is 0 Å². The van der Waals surface area contributed by atoms with Crippen LogP contribution in [0.15, 0.2) is 57.9 Å². The molecule has 1 saturated heterocycles. The Morgan fingerprint density at radius 3 is 2.48 bits per heavy atom. The first-order chi connectivity index (χ1) is 11.0. The molecule has 4 nitrogen and oxygen atoms in total. The summed E-state index contributed by atoms with van der Waals surface area (Å²) in [6.45, 7) is 0.542. The monoisotopic (exact) mass is 395 g/mol. The number of nitrogens with zero attached hydrogens (tertiary/aromatic N) is 1. The van der Waals surface area contributed by atoms with Gasteiger partial charge in [-0.2, -0.15) is 4.31 Å². The summed E-state index contributed by atoms with van der Waals surface area (Å²) in [4.78, 5) is 0.320. The number of sulfonamides is 1. The summed E-state index contributed by atoms with van der Waals surface area (Å²) < 4.78 is 33.4. The Kier molecular flexibility index (Phi) is 4.75. The summed E-state index contributed by atoms with van der Waals surface area (Å²) in [6.07, 6.45) is 1.69. The number of hydrogen-bond acceptors (Lipinski definition) is 3. The zero-order chi connectivity index (χ0) is 16.4. The molecule has 0 radical (unpaired) electrons. The smallest absolute Gasteiger partial charge is 0.244 e. The van der Waals surface area contributed by atoms with E-state index in [-0.39, 0.29) is 6.04 Å². The molecule has 6 heteroatoms. The van der Waals surface area contributed by atoms with E-state index < -0.39 is 10.0 Å². The lowest BCUT2D eigenvalue weighted by Crippen LogP contribution is -2.30. The van der Waals surface area contributed by atoms with Crippen LogP contribution in [0.5, 0.6) is 5.75 Å². The van der Waals surface area contributed by atoms with Gasteiger partial charge in [0.1, 0.15) is 5.75 Å². The second-order valence-electron chi connectivity index (χ2n) is 5.48. The quantitative estimate of drug-likeness (QED) is 0.786. The zero-order valence-electron chi connectivity index (χ0n) is 12.8. The molecular formula is C17H18BrNO3S. The van der Waals surface area contributed by atoms with Gasteiger partial charge in [-0.3, -0.25) is 0 Å². The van der Waals surface area contributed by atoms with Crippen molar-refractivity contribution in [2.24, 2.45) is 0 Å². The van der Waals surface area contributed by atoms with Gasteiger partial charge in [-0.15, -0.1) is 0 Å². The lowest BCUT2D eigenvalue weighted by Gasteiger charge is -2.25. The van der Waals surface area contributed by atoms with Crippen LogP contribution in [-0.4, -0.2) is 26.4 Å². The summed E-state index contributed by atoms with van der Waals surface area (Å²) in [5, 5.41) is 0. The lowest BCUT2D eigenvalue weighted by molar-refractivity contribution is 0.394. The van der Waals surface area contributed by atoms with E-state index in [1.165, 1.54) is 0 Å². The van der Waals surface area contributed by atoms with E-state index in [0.29, 0.717) is 15.9 Å². The molecule has 2 aromatic rings. The first-order valence-corrected chi connectivity index (χ1v) is 9.67. The zero-order valence-corrected chi connectivity index (χ0v) is 15.2. The van der Waals surface area contributed by atoms with Gasteiger partial charge >= 0.3 is 0 Å². The molecule has 23 heavy (non-hydrogen) atoms. The number of methoxy groups -OCH3 is 1. The molecule has 1 fully saturated rings. The van der Waals surface area contributed by atoms with E-state index in [2.05, 4.69) is 15.9 Å². The van der Waals surface area contributed by atoms with E-state index in [4.69, 9.17) is 4.74 Å². The van der Waals surface area contributed by atoms with Gasteiger partial charge in [-0.25, -0.2) is 8.42 Å². The van der Waals surface area contributed by atoms with Crippen molar-refractivity contribution < 1.29 is 13.2 Å². The van der Waals surface area contributed by atoms with E-state index in [1.54, 1.807) is 29.6 Å². The first kappa shape index (κ1) is 16.5. The van der Waals surface area contributed by atoms with Gasteiger partial charge < -0.3 is 4.74 Å². The molecule has 0 bridgehead atoms. The third-order valence-corrected chi connectivity index (χ3v) is 7.05. The second-order valence-corrected chi connectivity index (χ2v) is 8.19. The lowest BCUT2D eigenvalue weighted by atomic mass is 10.1.